The number of aryl methyl sites for hydroxylation is 2. The third-order valence-electron chi connectivity index (χ3n) is 5.68. The molecular weight excluding hydrogens is 386 g/mol. The van der Waals surface area contributed by atoms with E-state index in [1.54, 1.807) is 44.4 Å². The lowest BCUT2D eigenvalue weighted by molar-refractivity contribution is -0.141. The number of carbonyl (C=O) groups excluding carboxylic acids is 2. The van der Waals surface area contributed by atoms with Gasteiger partial charge in [-0.3, -0.25) is 9.59 Å². The summed E-state index contributed by atoms with van der Waals surface area (Å²) in [5.74, 6) is 0.145. The van der Waals surface area contributed by atoms with Crippen LogP contribution in [0.3, 0.4) is 0 Å². The number of ether oxygens (including phenoxy) is 2. The van der Waals surface area contributed by atoms with Crippen LogP contribution in [0, 0.1) is 13.8 Å². The molecule has 2 atom stereocenters. The highest BCUT2D eigenvalue weighted by Crippen LogP contribution is 2.41. The smallest absolute Gasteiger partial charge is 0.295 e. The average Bonchev–Trinajstić information content (AvgIpc) is 3.45. The van der Waals surface area contributed by atoms with Crippen molar-refractivity contribution in [2.45, 2.75) is 38.8 Å². The van der Waals surface area contributed by atoms with Gasteiger partial charge in [-0.2, -0.15) is 0 Å². The van der Waals surface area contributed by atoms with Crippen molar-refractivity contribution >= 4 is 17.4 Å². The monoisotopic (exact) mass is 411 g/mol. The highest BCUT2D eigenvalue weighted by Gasteiger charge is 2.48. The first-order valence-electron chi connectivity index (χ1n) is 10.0. The molecule has 0 bridgehead atoms. The van der Waals surface area contributed by atoms with Crippen LogP contribution in [-0.2, 0) is 14.3 Å². The van der Waals surface area contributed by atoms with E-state index in [-0.39, 0.29) is 24.0 Å². The topological polar surface area (TPSA) is 89.2 Å². The molecular formula is C23H25NO6. The van der Waals surface area contributed by atoms with Crippen LogP contribution in [0.1, 0.15) is 41.5 Å². The number of hydrogen-bond donors (Lipinski definition) is 1. The van der Waals surface area contributed by atoms with Crippen molar-refractivity contribution in [3.63, 3.8) is 0 Å². The summed E-state index contributed by atoms with van der Waals surface area (Å²) in [5, 5.41) is 11.1. The Morgan fingerprint density at radius 3 is 2.63 bits per heavy atom. The molecule has 0 aliphatic carbocycles. The molecule has 2 unspecified atom stereocenters. The first-order valence-corrected chi connectivity index (χ1v) is 10.0. The van der Waals surface area contributed by atoms with Gasteiger partial charge in [-0.15, -0.1) is 0 Å². The zero-order chi connectivity index (χ0) is 21.4. The molecule has 0 radical (unpaired) electrons. The van der Waals surface area contributed by atoms with Gasteiger partial charge in [0.25, 0.3) is 11.7 Å². The molecule has 4 rings (SSSR count). The van der Waals surface area contributed by atoms with Crippen LogP contribution in [0.25, 0.3) is 5.76 Å². The number of benzene rings is 1. The van der Waals surface area contributed by atoms with E-state index in [9.17, 15) is 14.7 Å². The van der Waals surface area contributed by atoms with Crippen LogP contribution < -0.4 is 4.74 Å². The number of nitrogens with zero attached hydrogens (tertiary/aromatic N) is 1. The lowest BCUT2D eigenvalue weighted by Crippen LogP contribution is -2.36. The molecule has 2 aliphatic heterocycles. The maximum atomic E-state index is 13.0. The number of aliphatic hydroxyl groups is 1. The average molecular weight is 411 g/mol. The van der Waals surface area contributed by atoms with E-state index in [0.29, 0.717) is 29.4 Å². The van der Waals surface area contributed by atoms with Crippen molar-refractivity contribution in [2.75, 3.05) is 20.3 Å². The van der Waals surface area contributed by atoms with Gasteiger partial charge < -0.3 is 23.9 Å². The van der Waals surface area contributed by atoms with Crippen LogP contribution in [0.2, 0.25) is 0 Å². The van der Waals surface area contributed by atoms with Gasteiger partial charge in [0.05, 0.1) is 18.8 Å². The predicted molar refractivity (Wildman–Crippen MR) is 109 cm³/mol. The summed E-state index contributed by atoms with van der Waals surface area (Å²) in [6.45, 7) is 4.52. The summed E-state index contributed by atoms with van der Waals surface area (Å²) in [6, 6.07) is 7.87. The van der Waals surface area contributed by atoms with Crippen molar-refractivity contribution in [1.29, 1.82) is 0 Å². The van der Waals surface area contributed by atoms with E-state index in [4.69, 9.17) is 13.9 Å². The minimum Gasteiger partial charge on any atom is -0.507 e. The Kier molecular flexibility index (Phi) is 5.39. The van der Waals surface area contributed by atoms with Crippen molar-refractivity contribution < 1.29 is 28.6 Å². The Morgan fingerprint density at radius 1 is 1.23 bits per heavy atom. The van der Waals surface area contributed by atoms with Crippen molar-refractivity contribution in [2.24, 2.45) is 0 Å². The Morgan fingerprint density at radius 2 is 2.03 bits per heavy atom. The largest absolute Gasteiger partial charge is 0.507 e. The summed E-state index contributed by atoms with van der Waals surface area (Å²) in [5.41, 5.74) is 1.23. The van der Waals surface area contributed by atoms with Gasteiger partial charge in [-0.05, 0) is 62.6 Å². The van der Waals surface area contributed by atoms with E-state index in [1.807, 2.05) is 6.92 Å². The molecule has 3 heterocycles. The number of ketones is 1. The number of methoxy groups -OCH3 is 1. The number of furan rings is 1. The van der Waals surface area contributed by atoms with Gasteiger partial charge in [0, 0.05) is 18.7 Å². The van der Waals surface area contributed by atoms with Gasteiger partial charge >= 0.3 is 0 Å². The van der Waals surface area contributed by atoms with Gasteiger partial charge in [0.1, 0.15) is 29.1 Å². The molecule has 0 spiro atoms. The molecule has 30 heavy (non-hydrogen) atoms. The zero-order valence-electron chi connectivity index (χ0n) is 17.3. The van der Waals surface area contributed by atoms with Crippen molar-refractivity contribution in [3.05, 3.63) is 58.6 Å². The van der Waals surface area contributed by atoms with E-state index in [2.05, 4.69) is 0 Å². The summed E-state index contributed by atoms with van der Waals surface area (Å²) >= 11 is 0. The highest BCUT2D eigenvalue weighted by atomic mass is 16.5. The number of rotatable bonds is 5. The molecule has 7 heteroatoms. The number of Topliss-reactive ketones (excluding diaryl/α,β-unsaturated/α-hetero) is 1. The fourth-order valence-electron chi connectivity index (χ4n) is 4.15. The number of likely N-dealkylation sites (tertiary alicyclic amines) is 1. The number of carbonyl (C=O) groups is 2. The molecule has 2 fully saturated rings. The molecule has 158 valence electrons. The van der Waals surface area contributed by atoms with Crippen LogP contribution in [0.15, 0.2) is 40.3 Å². The fraction of sp³-hybridized carbons (Fsp3) is 0.391. The van der Waals surface area contributed by atoms with Crippen molar-refractivity contribution in [1.82, 2.24) is 4.90 Å². The quantitative estimate of drug-likeness (QED) is 0.460. The molecule has 2 aromatic rings. The molecule has 2 saturated heterocycles. The van der Waals surface area contributed by atoms with E-state index < -0.39 is 17.7 Å². The summed E-state index contributed by atoms with van der Waals surface area (Å²) in [4.78, 5) is 27.4. The highest BCUT2D eigenvalue weighted by molar-refractivity contribution is 6.46. The molecule has 1 amide bonds. The normalized spacial score (nSPS) is 23.4. The van der Waals surface area contributed by atoms with E-state index in [0.717, 1.165) is 18.4 Å². The second-order valence-corrected chi connectivity index (χ2v) is 7.72. The lowest BCUT2D eigenvalue weighted by Gasteiger charge is -2.25. The molecule has 1 N–H and O–H groups in total. The Balaban J connectivity index is 1.82. The standard InChI is InChI=1S/C23H25NO6/c1-13-11-15(28-3)7-8-17(13)21(25)19-20(18-9-6-14(2)30-18)24(23(27)22(19)26)12-16-5-4-10-29-16/h6-9,11,16,20,25H,4-5,10,12H2,1-3H3/b21-19-. The number of hydrogen-bond acceptors (Lipinski definition) is 6. The molecule has 1 aromatic carbocycles. The van der Waals surface area contributed by atoms with Crippen molar-refractivity contribution in [3.8, 4) is 5.75 Å². The maximum Gasteiger partial charge on any atom is 0.295 e. The second-order valence-electron chi connectivity index (χ2n) is 7.72. The van der Waals surface area contributed by atoms with Gasteiger partial charge in [0.2, 0.25) is 0 Å². The van der Waals surface area contributed by atoms with Crippen LogP contribution in [0.4, 0.5) is 0 Å². The Bertz CT molecular complexity index is 1010. The second kappa shape index (κ2) is 7.99. The molecule has 0 saturated carbocycles. The van der Waals surface area contributed by atoms with Gasteiger partial charge in [-0.1, -0.05) is 0 Å². The minimum absolute atomic E-state index is 0.0283. The zero-order valence-corrected chi connectivity index (χ0v) is 17.3. The van der Waals surface area contributed by atoms with Gasteiger partial charge in [0.15, 0.2) is 0 Å². The van der Waals surface area contributed by atoms with E-state index in [1.165, 1.54) is 4.90 Å². The van der Waals surface area contributed by atoms with Crippen LogP contribution in [0.5, 0.6) is 5.75 Å². The first-order chi connectivity index (χ1) is 14.4. The summed E-state index contributed by atoms with van der Waals surface area (Å²) < 4.78 is 16.7. The minimum atomic E-state index is -0.801. The Hall–Kier alpha value is -3.06. The predicted octanol–water partition coefficient (Wildman–Crippen LogP) is 3.51. The Labute approximate surface area is 174 Å². The molecule has 1 aromatic heterocycles. The number of amides is 1. The third kappa shape index (κ3) is 3.50. The van der Waals surface area contributed by atoms with Crippen LogP contribution in [-0.4, -0.2) is 48.1 Å². The van der Waals surface area contributed by atoms with E-state index >= 15 is 0 Å². The third-order valence-corrected chi connectivity index (χ3v) is 5.68. The lowest BCUT2D eigenvalue weighted by atomic mass is 9.97. The maximum absolute atomic E-state index is 13.0. The number of aliphatic hydroxyl groups excluding tert-OH is 1. The molecule has 2 aliphatic rings. The first kappa shape index (κ1) is 20.2. The SMILES string of the molecule is COc1ccc(/C(O)=C2/C(=O)C(=O)N(CC3CCCO3)C2c2ccc(C)o2)c(C)c1. The summed E-state index contributed by atoms with van der Waals surface area (Å²) in [6.07, 6.45) is 1.61. The summed E-state index contributed by atoms with van der Waals surface area (Å²) in [7, 11) is 1.56. The van der Waals surface area contributed by atoms with Gasteiger partial charge in [-0.25, -0.2) is 0 Å². The van der Waals surface area contributed by atoms with Crippen LogP contribution >= 0.6 is 0 Å². The molecule has 7 nitrogen and oxygen atoms in total. The fourth-order valence-corrected chi connectivity index (χ4v) is 4.15.